The molecule has 0 N–H and O–H groups in total. The van der Waals surface area contributed by atoms with Crippen LogP contribution in [0.25, 0.3) is 33.1 Å². The van der Waals surface area contributed by atoms with E-state index in [2.05, 4.69) is 143 Å². The number of benzene rings is 5. The standard InChI is InChI=1S/C44H43NO/c1-43(2,3)30-17-21-35-41(25-30)46-40-12-8-11-39(42(35)40)45(31-18-15-28(16-19-31)36-24-27-13-14-29(36)23-27)32-20-22-34-33-9-6-7-10-37(33)44(4,5)38(34)26-32/h6-12,15-22,25-27,29,36H,13-14,23-24H2,1-5H3. The lowest BCUT2D eigenvalue weighted by atomic mass is 9.82. The molecule has 5 aromatic carbocycles. The first-order valence-corrected chi connectivity index (χ1v) is 17.3. The van der Waals surface area contributed by atoms with Crippen LogP contribution in [-0.2, 0) is 10.8 Å². The van der Waals surface area contributed by atoms with Crippen molar-refractivity contribution >= 4 is 39.0 Å². The second-order valence-corrected chi connectivity index (χ2v) is 15.8. The summed E-state index contributed by atoms with van der Waals surface area (Å²) in [4.78, 5) is 2.47. The van der Waals surface area contributed by atoms with Crippen molar-refractivity contribution in [1.29, 1.82) is 0 Å². The van der Waals surface area contributed by atoms with Crippen molar-refractivity contribution in [2.45, 2.75) is 77.0 Å². The van der Waals surface area contributed by atoms with Crippen LogP contribution in [0, 0.1) is 11.8 Å². The molecule has 2 bridgehead atoms. The Labute approximate surface area is 273 Å². The smallest absolute Gasteiger partial charge is 0.137 e. The molecule has 230 valence electrons. The van der Waals surface area contributed by atoms with E-state index in [9.17, 15) is 0 Å². The molecule has 2 nitrogen and oxygen atoms in total. The largest absolute Gasteiger partial charge is 0.456 e. The van der Waals surface area contributed by atoms with Crippen molar-refractivity contribution in [2.75, 3.05) is 4.90 Å². The van der Waals surface area contributed by atoms with Crippen LogP contribution < -0.4 is 4.90 Å². The average Bonchev–Trinajstić information content (AvgIpc) is 3.83. The zero-order valence-electron chi connectivity index (χ0n) is 27.7. The quantitative estimate of drug-likeness (QED) is 0.200. The van der Waals surface area contributed by atoms with Gasteiger partial charge in [0.25, 0.3) is 0 Å². The van der Waals surface area contributed by atoms with Crippen LogP contribution >= 0.6 is 0 Å². The first-order valence-electron chi connectivity index (χ1n) is 17.3. The summed E-state index contributed by atoms with van der Waals surface area (Å²) in [5.41, 5.74) is 13.7. The maximum absolute atomic E-state index is 6.59. The Balaban J connectivity index is 1.23. The van der Waals surface area contributed by atoms with Crippen LogP contribution in [0.4, 0.5) is 17.1 Å². The van der Waals surface area contributed by atoms with Crippen LogP contribution in [0.5, 0.6) is 0 Å². The predicted molar refractivity (Wildman–Crippen MR) is 193 cm³/mol. The molecular weight excluding hydrogens is 558 g/mol. The maximum Gasteiger partial charge on any atom is 0.137 e. The van der Waals surface area contributed by atoms with E-state index in [1.807, 2.05) is 0 Å². The van der Waals surface area contributed by atoms with Crippen LogP contribution in [0.3, 0.4) is 0 Å². The second kappa shape index (κ2) is 9.85. The van der Waals surface area contributed by atoms with Gasteiger partial charge in [-0.3, -0.25) is 0 Å². The molecule has 9 rings (SSSR count). The highest BCUT2D eigenvalue weighted by atomic mass is 16.3. The summed E-state index contributed by atoms with van der Waals surface area (Å²) in [5, 5.41) is 2.33. The lowest BCUT2D eigenvalue weighted by Crippen LogP contribution is -2.16. The van der Waals surface area contributed by atoms with E-state index < -0.39 is 0 Å². The number of furan rings is 1. The highest BCUT2D eigenvalue weighted by Gasteiger charge is 2.40. The summed E-state index contributed by atoms with van der Waals surface area (Å²) in [6, 6.07) is 38.9. The third kappa shape index (κ3) is 4.15. The zero-order valence-corrected chi connectivity index (χ0v) is 27.7. The first kappa shape index (κ1) is 28.0. The van der Waals surface area contributed by atoms with E-state index in [-0.39, 0.29) is 10.8 Å². The Kier molecular flexibility index (Phi) is 5.99. The fourth-order valence-corrected chi connectivity index (χ4v) is 9.24. The van der Waals surface area contributed by atoms with E-state index >= 15 is 0 Å². The summed E-state index contributed by atoms with van der Waals surface area (Å²) >= 11 is 0. The van der Waals surface area contributed by atoms with Crippen molar-refractivity contribution < 1.29 is 4.42 Å². The molecule has 3 unspecified atom stereocenters. The molecule has 3 aliphatic rings. The van der Waals surface area contributed by atoms with Gasteiger partial charge in [-0.2, -0.15) is 0 Å². The summed E-state index contributed by atoms with van der Waals surface area (Å²) in [7, 11) is 0. The van der Waals surface area contributed by atoms with Gasteiger partial charge in [-0.25, -0.2) is 0 Å². The lowest BCUT2D eigenvalue weighted by Gasteiger charge is -2.29. The topological polar surface area (TPSA) is 16.4 Å². The maximum atomic E-state index is 6.59. The van der Waals surface area contributed by atoms with E-state index in [0.717, 1.165) is 45.4 Å². The monoisotopic (exact) mass is 601 g/mol. The number of hydrogen-bond donors (Lipinski definition) is 0. The summed E-state index contributed by atoms with van der Waals surface area (Å²) in [6.07, 6.45) is 5.64. The van der Waals surface area contributed by atoms with E-state index in [4.69, 9.17) is 4.42 Å². The number of hydrogen-bond acceptors (Lipinski definition) is 2. The number of rotatable bonds is 4. The highest BCUT2D eigenvalue weighted by Crippen LogP contribution is 2.54. The number of nitrogens with zero attached hydrogens (tertiary/aromatic N) is 1. The minimum Gasteiger partial charge on any atom is -0.456 e. The fourth-order valence-electron chi connectivity index (χ4n) is 9.24. The van der Waals surface area contributed by atoms with E-state index in [1.165, 1.54) is 70.4 Å². The van der Waals surface area contributed by atoms with Crippen LogP contribution in [-0.4, -0.2) is 0 Å². The Bertz CT molecular complexity index is 2140. The van der Waals surface area contributed by atoms with Gasteiger partial charge in [-0.15, -0.1) is 0 Å². The Hall–Kier alpha value is -4.30. The van der Waals surface area contributed by atoms with Gasteiger partial charge in [0.2, 0.25) is 0 Å². The molecule has 0 aliphatic heterocycles. The highest BCUT2D eigenvalue weighted by molar-refractivity contribution is 6.13. The SMILES string of the molecule is CC(C)(C)c1ccc2c(c1)oc1cccc(N(c3ccc(C4CC5CCC4C5)cc3)c3ccc4c(c3)C(C)(C)c3ccccc3-4)c12. The van der Waals surface area contributed by atoms with Gasteiger partial charge < -0.3 is 9.32 Å². The molecule has 1 aromatic heterocycles. The van der Waals surface area contributed by atoms with Crippen molar-refractivity contribution in [2.24, 2.45) is 11.8 Å². The normalized spacial score (nSPS) is 21.2. The molecule has 46 heavy (non-hydrogen) atoms. The number of fused-ring (bicyclic) bond motifs is 8. The number of anilines is 3. The summed E-state index contributed by atoms with van der Waals surface area (Å²) < 4.78 is 6.59. The van der Waals surface area contributed by atoms with Gasteiger partial charge in [0.15, 0.2) is 0 Å². The molecule has 3 aliphatic carbocycles. The molecule has 2 saturated carbocycles. The predicted octanol–water partition coefficient (Wildman–Crippen LogP) is 12.6. The van der Waals surface area contributed by atoms with Crippen LogP contribution in [0.15, 0.2) is 108 Å². The third-order valence-electron chi connectivity index (χ3n) is 11.7. The minimum atomic E-state index is -0.0725. The molecular formula is C44H43NO. The summed E-state index contributed by atoms with van der Waals surface area (Å²) in [6.45, 7) is 11.5. The van der Waals surface area contributed by atoms with Gasteiger partial charge >= 0.3 is 0 Å². The van der Waals surface area contributed by atoms with Crippen LogP contribution in [0.2, 0.25) is 0 Å². The molecule has 2 heteroatoms. The van der Waals surface area contributed by atoms with Gasteiger partial charge in [0.1, 0.15) is 11.2 Å². The molecule has 0 saturated heterocycles. The Morgan fingerprint density at radius 2 is 1.48 bits per heavy atom. The molecule has 6 aromatic rings. The molecule has 0 amide bonds. The van der Waals surface area contributed by atoms with Gasteiger partial charge in [0, 0.05) is 22.2 Å². The van der Waals surface area contributed by atoms with Crippen molar-refractivity contribution in [1.82, 2.24) is 0 Å². The molecule has 1 heterocycles. The molecule has 3 atom stereocenters. The minimum absolute atomic E-state index is 0.0530. The average molecular weight is 602 g/mol. The Morgan fingerprint density at radius 1 is 0.696 bits per heavy atom. The summed E-state index contributed by atoms with van der Waals surface area (Å²) in [5.74, 6) is 2.53. The van der Waals surface area contributed by atoms with Gasteiger partial charge in [0.05, 0.1) is 11.1 Å². The van der Waals surface area contributed by atoms with Crippen LogP contribution in [0.1, 0.15) is 88.5 Å². The third-order valence-corrected chi connectivity index (χ3v) is 11.7. The van der Waals surface area contributed by atoms with Gasteiger partial charge in [-0.05, 0) is 118 Å². The second-order valence-electron chi connectivity index (χ2n) is 15.8. The van der Waals surface area contributed by atoms with Crippen molar-refractivity contribution in [3.63, 3.8) is 0 Å². The molecule has 0 spiro atoms. The first-order chi connectivity index (χ1) is 22.2. The van der Waals surface area contributed by atoms with Crippen molar-refractivity contribution in [3.8, 4) is 11.1 Å². The molecule has 2 fully saturated rings. The zero-order chi connectivity index (χ0) is 31.4. The van der Waals surface area contributed by atoms with E-state index in [0.29, 0.717) is 0 Å². The Morgan fingerprint density at radius 3 is 2.24 bits per heavy atom. The molecule has 0 radical (unpaired) electrons. The lowest BCUT2D eigenvalue weighted by molar-refractivity contribution is 0.420. The fraction of sp³-hybridized carbons (Fsp3) is 0.318. The van der Waals surface area contributed by atoms with E-state index in [1.54, 1.807) is 0 Å². The van der Waals surface area contributed by atoms with Gasteiger partial charge in [-0.1, -0.05) is 102 Å². The van der Waals surface area contributed by atoms with Crippen molar-refractivity contribution in [3.05, 3.63) is 125 Å².